The van der Waals surface area contributed by atoms with E-state index in [0.29, 0.717) is 21.8 Å². The van der Waals surface area contributed by atoms with Crippen LogP contribution in [0.2, 0.25) is 0 Å². The van der Waals surface area contributed by atoms with Crippen LogP contribution in [0.1, 0.15) is 17.4 Å². The fraction of sp³-hybridized carbons (Fsp3) is 0.214. The minimum Gasteiger partial charge on any atom is -0.465 e. The van der Waals surface area contributed by atoms with Crippen molar-refractivity contribution in [2.75, 3.05) is 17.7 Å². The quantitative estimate of drug-likeness (QED) is 0.360. The van der Waals surface area contributed by atoms with E-state index in [2.05, 4.69) is 20.5 Å². The van der Waals surface area contributed by atoms with Crippen LogP contribution in [0.15, 0.2) is 26.5 Å². The molecule has 3 heterocycles. The SMILES string of the molecule is CCOC(=O)CSc1nnc(NC(=O)c2csc(-c3ccsc3)n2)s1. The number of thiazole rings is 1. The molecule has 0 aromatic carbocycles. The fourth-order valence-electron chi connectivity index (χ4n) is 1.70. The van der Waals surface area contributed by atoms with Gasteiger partial charge in [0, 0.05) is 16.3 Å². The van der Waals surface area contributed by atoms with Gasteiger partial charge in [-0.05, 0) is 18.4 Å². The van der Waals surface area contributed by atoms with E-state index in [1.165, 1.54) is 34.4 Å². The summed E-state index contributed by atoms with van der Waals surface area (Å²) in [4.78, 5) is 27.9. The third kappa shape index (κ3) is 4.84. The van der Waals surface area contributed by atoms with Crippen LogP contribution in [0.3, 0.4) is 0 Å². The smallest absolute Gasteiger partial charge is 0.316 e. The van der Waals surface area contributed by atoms with E-state index < -0.39 is 0 Å². The van der Waals surface area contributed by atoms with Gasteiger partial charge in [-0.25, -0.2) is 4.98 Å². The molecule has 25 heavy (non-hydrogen) atoms. The molecule has 0 saturated carbocycles. The standard InChI is InChI=1S/C14H12N4O3S4/c1-2-21-10(19)7-24-14-18-17-13(25-14)16-11(20)9-6-23-12(15-9)8-3-4-22-5-8/h3-6H,2,7H2,1H3,(H,16,17,20). The van der Waals surface area contributed by atoms with Crippen molar-refractivity contribution in [3.63, 3.8) is 0 Å². The summed E-state index contributed by atoms with van der Waals surface area (Å²) in [5, 5.41) is 17.3. The van der Waals surface area contributed by atoms with Crippen molar-refractivity contribution in [2.24, 2.45) is 0 Å². The van der Waals surface area contributed by atoms with Crippen molar-refractivity contribution in [2.45, 2.75) is 11.3 Å². The summed E-state index contributed by atoms with van der Waals surface area (Å²) in [6.45, 7) is 2.10. The van der Waals surface area contributed by atoms with E-state index >= 15 is 0 Å². The van der Waals surface area contributed by atoms with Gasteiger partial charge >= 0.3 is 5.97 Å². The van der Waals surface area contributed by atoms with Gasteiger partial charge < -0.3 is 4.74 Å². The number of thiophene rings is 1. The van der Waals surface area contributed by atoms with Gasteiger partial charge in [0.25, 0.3) is 5.91 Å². The Labute approximate surface area is 159 Å². The lowest BCUT2D eigenvalue weighted by Crippen LogP contribution is -2.12. The second-order valence-corrected chi connectivity index (χ2v) is 8.31. The number of thioether (sulfide) groups is 1. The summed E-state index contributed by atoms with van der Waals surface area (Å²) >= 11 is 5.42. The molecule has 1 amide bonds. The Morgan fingerprint density at radius 3 is 2.96 bits per heavy atom. The molecular weight excluding hydrogens is 400 g/mol. The Hall–Kier alpha value is -1.82. The molecule has 0 aliphatic rings. The Kier molecular flexibility index (Phi) is 6.13. The van der Waals surface area contributed by atoms with Gasteiger partial charge in [-0.3, -0.25) is 14.9 Å². The highest BCUT2D eigenvalue weighted by atomic mass is 32.2. The molecule has 0 unspecified atom stereocenters. The zero-order valence-electron chi connectivity index (χ0n) is 12.9. The Bertz CT molecular complexity index is 859. The van der Waals surface area contributed by atoms with Crippen molar-refractivity contribution in [3.8, 4) is 10.6 Å². The Balaban J connectivity index is 1.57. The summed E-state index contributed by atoms with van der Waals surface area (Å²) in [5.41, 5.74) is 1.34. The molecule has 0 atom stereocenters. The molecule has 7 nitrogen and oxygen atoms in total. The maximum atomic E-state index is 12.3. The summed E-state index contributed by atoms with van der Waals surface area (Å²) < 4.78 is 5.43. The summed E-state index contributed by atoms with van der Waals surface area (Å²) in [6, 6.07) is 1.96. The molecule has 11 heteroatoms. The van der Waals surface area contributed by atoms with Gasteiger partial charge in [0.05, 0.1) is 12.4 Å². The van der Waals surface area contributed by atoms with E-state index in [1.54, 1.807) is 23.6 Å². The van der Waals surface area contributed by atoms with Crippen LogP contribution in [0.25, 0.3) is 10.6 Å². The number of nitrogens with zero attached hydrogens (tertiary/aromatic N) is 3. The average Bonchev–Trinajstić information content (AvgIpc) is 3.33. The first-order valence-corrected chi connectivity index (χ1v) is 10.7. The van der Waals surface area contributed by atoms with Crippen LogP contribution < -0.4 is 5.32 Å². The lowest BCUT2D eigenvalue weighted by atomic mass is 10.3. The molecule has 3 aromatic heterocycles. The zero-order valence-corrected chi connectivity index (χ0v) is 16.2. The number of carbonyl (C=O) groups is 2. The summed E-state index contributed by atoms with van der Waals surface area (Å²) in [6.07, 6.45) is 0. The van der Waals surface area contributed by atoms with Gasteiger partial charge in [0.2, 0.25) is 5.13 Å². The van der Waals surface area contributed by atoms with Crippen molar-refractivity contribution >= 4 is 62.8 Å². The van der Waals surface area contributed by atoms with Crippen molar-refractivity contribution < 1.29 is 14.3 Å². The number of hydrogen-bond donors (Lipinski definition) is 1. The topological polar surface area (TPSA) is 94.1 Å². The minimum atomic E-state index is -0.337. The predicted octanol–water partition coefficient (Wildman–Crippen LogP) is 3.63. The van der Waals surface area contributed by atoms with Crippen LogP contribution in [-0.2, 0) is 9.53 Å². The molecule has 130 valence electrons. The number of aromatic nitrogens is 3. The van der Waals surface area contributed by atoms with Crippen molar-refractivity contribution in [1.29, 1.82) is 0 Å². The van der Waals surface area contributed by atoms with E-state index in [-0.39, 0.29) is 17.6 Å². The first kappa shape index (κ1) is 18.0. The number of esters is 1. The third-order valence-corrected chi connectivity index (χ3v) is 6.27. The van der Waals surface area contributed by atoms with E-state index in [1.807, 2.05) is 16.8 Å². The number of amides is 1. The Morgan fingerprint density at radius 2 is 2.20 bits per heavy atom. The largest absolute Gasteiger partial charge is 0.465 e. The summed E-state index contributed by atoms with van der Waals surface area (Å²) in [7, 11) is 0. The van der Waals surface area contributed by atoms with E-state index in [9.17, 15) is 9.59 Å². The number of anilines is 1. The number of carbonyl (C=O) groups excluding carboxylic acids is 2. The maximum Gasteiger partial charge on any atom is 0.316 e. The van der Waals surface area contributed by atoms with Gasteiger partial charge in [-0.15, -0.1) is 21.5 Å². The molecule has 3 aromatic rings. The van der Waals surface area contributed by atoms with E-state index in [0.717, 1.165) is 10.6 Å². The average molecular weight is 413 g/mol. The van der Waals surface area contributed by atoms with Gasteiger partial charge in [-0.1, -0.05) is 23.1 Å². The Morgan fingerprint density at radius 1 is 1.32 bits per heavy atom. The molecule has 0 aliphatic heterocycles. The third-order valence-electron chi connectivity index (χ3n) is 2.75. The fourth-order valence-corrected chi connectivity index (χ4v) is 4.76. The van der Waals surface area contributed by atoms with Crippen LogP contribution in [0.5, 0.6) is 0 Å². The first-order chi connectivity index (χ1) is 12.2. The lowest BCUT2D eigenvalue weighted by molar-refractivity contribution is -0.139. The van der Waals surface area contributed by atoms with E-state index in [4.69, 9.17) is 4.74 Å². The highest BCUT2D eigenvalue weighted by Gasteiger charge is 2.15. The predicted molar refractivity (Wildman–Crippen MR) is 101 cm³/mol. The zero-order chi connectivity index (χ0) is 17.6. The highest BCUT2D eigenvalue weighted by molar-refractivity contribution is 8.01. The number of nitrogens with one attached hydrogen (secondary N) is 1. The molecule has 0 spiro atoms. The normalized spacial score (nSPS) is 10.6. The number of ether oxygens (including phenoxy) is 1. The van der Waals surface area contributed by atoms with Gasteiger partial charge in [-0.2, -0.15) is 11.3 Å². The molecule has 0 aliphatic carbocycles. The maximum absolute atomic E-state index is 12.3. The van der Waals surface area contributed by atoms with Crippen molar-refractivity contribution in [1.82, 2.24) is 15.2 Å². The molecule has 1 N–H and O–H groups in total. The number of rotatable bonds is 7. The minimum absolute atomic E-state index is 0.159. The van der Waals surface area contributed by atoms with Crippen LogP contribution in [0, 0.1) is 0 Å². The van der Waals surface area contributed by atoms with Crippen LogP contribution >= 0.6 is 45.8 Å². The monoisotopic (exact) mass is 412 g/mol. The molecule has 0 fully saturated rings. The van der Waals surface area contributed by atoms with Gasteiger partial charge in [0.1, 0.15) is 10.7 Å². The second-order valence-electron chi connectivity index (χ2n) is 4.47. The first-order valence-electron chi connectivity index (χ1n) is 7.07. The lowest BCUT2D eigenvalue weighted by Gasteiger charge is -1.98. The molecule has 3 rings (SSSR count). The van der Waals surface area contributed by atoms with Crippen LogP contribution in [0.4, 0.5) is 5.13 Å². The van der Waals surface area contributed by atoms with Gasteiger partial charge in [0.15, 0.2) is 4.34 Å². The second kappa shape index (κ2) is 8.52. The van der Waals surface area contributed by atoms with Crippen molar-refractivity contribution in [3.05, 3.63) is 27.9 Å². The molecule has 0 saturated heterocycles. The molecular formula is C14H12N4O3S4. The van der Waals surface area contributed by atoms with Crippen LogP contribution in [-0.4, -0.2) is 39.4 Å². The molecule has 0 bridgehead atoms. The molecule has 0 radical (unpaired) electrons. The highest BCUT2D eigenvalue weighted by Crippen LogP contribution is 2.28. The number of hydrogen-bond acceptors (Lipinski definition) is 10. The summed E-state index contributed by atoms with van der Waals surface area (Å²) in [5.74, 6) is -0.487.